The number of ether oxygens (including phenoxy) is 2. The lowest BCUT2D eigenvalue weighted by Crippen LogP contribution is -2.11. The molecule has 0 radical (unpaired) electrons. The Kier molecular flexibility index (Phi) is 1.67. The number of hydrogen-bond acceptors (Lipinski definition) is 4. The fourth-order valence-electron chi connectivity index (χ4n) is 1.05. The standard InChI is InChI=1S/C7H7NO4S/c8-13(9,10)5-1-2-6-7(3-5)12-4-11-6/h1-3H,4H2,(H2,8,9,10). The van der Waals surface area contributed by atoms with Crippen LogP contribution in [-0.2, 0) is 10.0 Å². The summed E-state index contributed by atoms with van der Waals surface area (Å²) in [6, 6.07) is 4.24. The molecule has 70 valence electrons. The van der Waals surface area contributed by atoms with Crippen LogP contribution in [-0.4, -0.2) is 15.2 Å². The molecule has 1 heterocycles. The molecule has 6 heteroatoms. The summed E-state index contributed by atoms with van der Waals surface area (Å²) in [7, 11) is -3.66. The summed E-state index contributed by atoms with van der Waals surface area (Å²) in [4.78, 5) is 0.0248. The molecule has 5 nitrogen and oxygen atoms in total. The molecule has 1 aliphatic heterocycles. The molecule has 1 aromatic rings. The van der Waals surface area contributed by atoms with Gasteiger partial charge in [0.15, 0.2) is 11.5 Å². The minimum absolute atomic E-state index is 0.0248. The van der Waals surface area contributed by atoms with E-state index in [1.807, 2.05) is 0 Å². The van der Waals surface area contributed by atoms with Crippen LogP contribution in [0.2, 0.25) is 0 Å². The summed E-state index contributed by atoms with van der Waals surface area (Å²) in [5.74, 6) is 0.943. The lowest BCUT2D eigenvalue weighted by atomic mass is 10.3. The summed E-state index contributed by atoms with van der Waals surface area (Å²) in [6.45, 7) is 0.114. The Morgan fingerprint density at radius 3 is 2.62 bits per heavy atom. The van der Waals surface area contributed by atoms with Gasteiger partial charge in [-0.3, -0.25) is 0 Å². The van der Waals surface area contributed by atoms with E-state index in [0.29, 0.717) is 11.5 Å². The molecule has 0 atom stereocenters. The van der Waals surface area contributed by atoms with E-state index in [0.717, 1.165) is 0 Å². The van der Waals surface area contributed by atoms with Crippen molar-refractivity contribution in [1.29, 1.82) is 0 Å². The van der Waals surface area contributed by atoms with Crippen molar-refractivity contribution in [2.24, 2.45) is 5.14 Å². The van der Waals surface area contributed by atoms with Crippen LogP contribution >= 0.6 is 0 Å². The van der Waals surface area contributed by atoms with Gasteiger partial charge in [0.05, 0.1) is 4.90 Å². The number of nitrogens with two attached hydrogens (primary N) is 1. The third-order valence-corrected chi connectivity index (χ3v) is 2.58. The fourth-order valence-corrected chi connectivity index (χ4v) is 1.58. The summed E-state index contributed by atoms with van der Waals surface area (Å²) in [5, 5.41) is 4.93. The van der Waals surface area contributed by atoms with E-state index in [9.17, 15) is 8.42 Å². The van der Waals surface area contributed by atoms with Crippen LogP contribution in [0.25, 0.3) is 0 Å². The monoisotopic (exact) mass is 201 g/mol. The van der Waals surface area contributed by atoms with Crippen LogP contribution in [0.1, 0.15) is 0 Å². The highest BCUT2D eigenvalue weighted by atomic mass is 32.2. The molecule has 0 bridgehead atoms. The summed E-state index contributed by atoms with van der Waals surface area (Å²) in [5.41, 5.74) is 0. The molecule has 1 aliphatic rings. The van der Waals surface area contributed by atoms with Crippen molar-refractivity contribution in [1.82, 2.24) is 0 Å². The topological polar surface area (TPSA) is 78.6 Å². The molecule has 0 spiro atoms. The van der Waals surface area contributed by atoms with Gasteiger partial charge in [0.25, 0.3) is 0 Å². The average molecular weight is 201 g/mol. The molecule has 1 aromatic carbocycles. The largest absolute Gasteiger partial charge is 0.454 e. The second kappa shape index (κ2) is 2.61. The Bertz CT molecular complexity index is 440. The van der Waals surface area contributed by atoms with E-state index in [1.54, 1.807) is 0 Å². The zero-order valence-corrected chi connectivity index (χ0v) is 7.37. The van der Waals surface area contributed by atoms with E-state index < -0.39 is 10.0 Å². The van der Waals surface area contributed by atoms with Crippen molar-refractivity contribution >= 4 is 10.0 Å². The van der Waals surface area contributed by atoms with Crippen LogP contribution < -0.4 is 14.6 Å². The lowest BCUT2D eigenvalue weighted by Gasteiger charge is -1.99. The van der Waals surface area contributed by atoms with E-state index in [2.05, 4.69) is 0 Å². The van der Waals surface area contributed by atoms with Gasteiger partial charge in [0.2, 0.25) is 16.8 Å². The number of benzene rings is 1. The maximum Gasteiger partial charge on any atom is 0.238 e. The van der Waals surface area contributed by atoms with Gasteiger partial charge in [0.1, 0.15) is 0 Å². The second-order valence-corrected chi connectivity index (χ2v) is 4.12. The maximum atomic E-state index is 10.9. The molecule has 0 saturated carbocycles. The Morgan fingerprint density at radius 2 is 1.92 bits per heavy atom. The third kappa shape index (κ3) is 1.45. The Balaban J connectivity index is 2.54. The van der Waals surface area contributed by atoms with Gasteiger partial charge in [-0.1, -0.05) is 0 Å². The van der Waals surface area contributed by atoms with Crippen molar-refractivity contribution in [2.45, 2.75) is 4.90 Å². The second-order valence-electron chi connectivity index (χ2n) is 2.56. The smallest absolute Gasteiger partial charge is 0.238 e. The highest BCUT2D eigenvalue weighted by Crippen LogP contribution is 2.33. The number of fused-ring (bicyclic) bond motifs is 1. The van der Waals surface area contributed by atoms with Crippen LogP contribution in [0.5, 0.6) is 11.5 Å². The van der Waals surface area contributed by atoms with Crippen molar-refractivity contribution < 1.29 is 17.9 Å². The number of sulfonamides is 1. The quantitative estimate of drug-likeness (QED) is 0.697. The minimum atomic E-state index is -3.66. The lowest BCUT2D eigenvalue weighted by molar-refractivity contribution is 0.174. The molecule has 0 unspecified atom stereocenters. The number of primary sulfonamides is 1. The van der Waals surface area contributed by atoms with E-state index >= 15 is 0 Å². The Labute approximate surface area is 75.1 Å². The van der Waals surface area contributed by atoms with Gasteiger partial charge < -0.3 is 9.47 Å². The summed E-state index contributed by atoms with van der Waals surface area (Å²) >= 11 is 0. The average Bonchev–Trinajstić information content (AvgIpc) is 2.47. The van der Waals surface area contributed by atoms with Gasteiger partial charge in [0, 0.05) is 6.07 Å². The van der Waals surface area contributed by atoms with Gasteiger partial charge in [-0.25, -0.2) is 13.6 Å². The van der Waals surface area contributed by atoms with Crippen molar-refractivity contribution in [2.75, 3.05) is 6.79 Å². The van der Waals surface area contributed by atoms with Crippen molar-refractivity contribution in [3.63, 3.8) is 0 Å². The molecular formula is C7H7NO4S. The Hall–Kier alpha value is -1.27. The molecular weight excluding hydrogens is 194 g/mol. The highest BCUT2D eigenvalue weighted by Gasteiger charge is 2.17. The van der Waals surface area contributed by atoms with Crippen molar-refractivity contribution in [3.8, 4) is 11.5 Å². The van der Waals surface area contributed by atoms with Gasteiger partial charge >= 0.3 is 0 Å². The number of rotatable bonds is 1. The zero-order chi connectivity index (χ0) is 9.47. The Morgan fingerprint density at radius 1 is 1.23 bits per heavy atom. The first kappa shape index (κ1) is 8.33. The van der Waals surface area contributed by atoms with Crippen LogP contribution in [0, 0.1) is 0 Å². The van der Waals surface area contributed by atoms with Gasteiger partial charge in [-0.2, -0.15) is 0 Å². The number of hydrogen-bond donors (Lipinski definition) is 1. The van der Waals surface area contributed by atoms with Gasteiger partial charge in [-0.15, -0.1) is 0 Å². The zero-order valence-electron chi connectivity index (χ0n) is 6.56. The molecule has 0 aromatic heterocycles. The van der Waals surface area contributed by atoms with E-state index in [4.69, 9.17) is 14.6 Å². The normalized spacial score (nSPS) is 14.5. The predicted molar refractivity (Wildman–Crippen MR) is 43.9 cm³/mol. The summed E-state index contributed by atoms with van der Waals surface area (Å²) < 4.78 is 31.8. The molecule has 2 N–H and O–H groups in total. The molecule has 0 aliphatic carbocycles. The first-order valence-electron chi connectivity index (χ1n) is 3.50. The fraction of sp³-hybridized carbons (Fsp3) is 0.143. The highest BCUT2D eigenvalue weighted by molar-refractivity contribution is 7.89. The predicted octanol–water partition coefficient (Wildman–Crippen LogP) is 0.0627. The van der Waals surface area contributed by atoms with Crippen LogP contribution in [0.15, 0.2) is 23.1 Å². The van der Waals surface area contributed by atoms with Crippen LogP contribution in [0.3, 0.4) is 0 Å². The van der Waals surface area contributed by atoms with E-state index in [1.165, 1.54) is 18.2 Å². The SMILES string of the molecule is NS(=O)(=O)c1ccc2c(c1)OCO2. The maximum absolute atomic E-state index is 10.9. The first-order valence-corrected chi connectivity index (χ1v) is 5.04. The third-order valence-electron chi connectivity index (χ3n) is 1.67. The minimum Gasteiger partial charge on any atom is -0.454 e. The molecule has 0 amide bonds. The first-order chi connectivity index (χ1) is 6.07. The van der Waals surface area contributed by atoms with Crippen molar-refractivity contribution in [3.05, 3.63) is 18.2 Å². The molecule has 0 saturated heterocycles. The summed E-state index contributed by atoms with van der Waals surface area (Å²) in [6.07, 6.45) is 0. The van der Waals surface area contributed by atoms with Gasteiger partial charge in [-0.05, 0) is 12.1 Å². The molecule has 2 rings (SSSR count). The van der Waals surface area contributed by atoms with Crippen LogP contribution in [0.4, 0.5) is 0 Å². The molecule has 0 fully saturated rings. The molecule has 13 heavy (non-hydrogen) atoms. The van der Waals surface area contributed by atoms with E-state index in [-0.39, 0.29) is 11.7 Å².